The lowest BCUT2D eigenvalue weighted by atomic mass is 10.0. The van der Waals surface area contributed by atoms with E-state index in [1.165, 1.54) is 0 Å². The molecule has 2 heteroatoms. The molecule has 0 bridgehead atoms. The summed E-state index contributed by atoms with van der Waals surface area (Å²) in [7, 11) is 0. The van der Waals surface area contributed by atoms with E-state index in [1.54, 1.807) is 28.8 Å². The minimum absolute atomic E-state index is 0.0326. The molecule has 2 nitrogen and oxygen atoms in total. The molecule has 10 aromatic rings. The first-order valence-corrected chi connectivity index (χ1v) is 15.2. The molecule has 0 radical (unpaired) electrons. The van der Waals surface area contributed by atoms with Gasteiger partial charge in [0.05, 0.1) is 49.7 Å². The molecule has 0 spiro atoms. The minimum atomic E-state index is -0.652. The van der Waals surface area contributed by atoms with Crippen LogP contribution in [0.15, 0.2) is 182 Å². The van der Waals surface area contributed by atoms with E-state index in [2.05, 4.69) is 0 Å². The minimum Gasteiger partial charge on any atom is -0.309 e. The van der Waals surface area contributed by atoms with Crippen molar-refractivity contribution in [3.63, 3.8) is 0 Å². The lowest BCUT2D eigenvalue weighted by Gasteiger charge is -2.12. The normalized spacial score (nSPS) is 16.4. The molecule has 0 amide bonds. The van der Waals surface area contributed by atoms with Gasteiger partial charge in [-0.25, -0.2) is 0 Å². The number of benzene rings is 8. The van der Waals surface area contributed by atoms with Crippen LogP contribution in [0.2, 0.25) is 0 Å². The van der Waals surface area contributed by atoms with Crippen LogP contribution in [0, 0.1) is 0 Å². The number of nitrogens with zero attached hydrogens (tertiary/aromatic N) is 2. The fourth-order valence-corrected chi connectivity index (χ4v) is 6.74. The Morgan fingerprint density at radius 3 is 1.60 bits per heavy atom. The third-order valence-corrected chi connectivity index (χ3v) is 8.78. The summed E-state index contributed by atoms with van der Waals surface area (Å²) >= 11 is 0. The van der Waals surface area contributed by atoms with Gasteiger partial charge >= 0.3 is 0 Å². The molecule has 0 unspecified atom stereocenters. The Morgan fingerprint density at radius 2 is 0.896 bits per heavy atom. The molecule has 48 heavy (non-hydrogen) atoms. The second kappa shape index (κ2) is 10.6. The van der Waals surface area contributed by atoms with Crippen molar-refractivity contribution >= 4 is 54.4 Å². The van der Waals surface area contributed by atoms with E-state index in [0.717, 1.165) is 32.6 Å². The maximum atomic E-state index is 9.20. The van der Waals surface area contributed by atoms with Crippen LogP contribution in [0.25, 0.3) is 88.0 Å². The second-order valence-corrected chi connectivity index (χ2v) is 11.3. The van der Waals surface area contributed by atoms with Crippen molar-refractivity contribution in [3.05, 3.63) is 182 Å². The molecule has 0 N–H and O–H groups in total. The Labute approximate surface area is 300 Å². The number of aromatic nitrogens is 2. The molecule has 0 saturated carbocycles. The van der Waals surface area contributed by atoms with Crippen molar-refractivity contribution in [1.29, 1.82) is 0 Å². The first kappa shape index (κ1) is 15.5. The molecule has 2 aromatic heterocycles. The summed E-state index contributed by atoms with van der Waals surface area (Å²) in [4.78, 5) is 0. The van der Waals surface area contributed by atoms with Crippen molar-refractivity contribution in [3.8, 4) is 33.6 Å². The third kappa shape index (κ3) is 4.00. The van der Waals surface area contributed by atoms with Crippen molar-refractivity contribution in [2.45, 2.75) is 0 Å². The molecule has 0 aliphatic rings. The quantitative estimate of drug-likeness (QED) is 0.184. The van der Waals surface area contributed by atoms with E-state index < -0.39 is 102 Å². The van der Waals surface area contributed by atoms with E-state index in [0.29, 0.717) is 22.3 Å². The van der Waals surface area contributed by atoms with Crippen LogP contribution in [-0.2, 0) is 0 Å². The van der Waals surface area contributed by atoms with Crippen LogP contribution < -0.4 is 0 Å². The van der Waals surface area contributed by atoms with Crippen LogP contribution in [0.3, 0.4) is 0 Å². The second-order valence-electron chi connectivity index (χ2n) is 11.3. The Balaban J connectivity index is 1.20. The highest BCUT2D eigenvalue weighted by molar-refractivity contribution is 6.29. The smallest absolute Gasteiger partial charge is 0.0645 e. The predicted molar refractivity (Wildman–Crippen MR) is 203 cm³/mol. The summed E-state index contributed by atoms with van der Waals surface area (Å²) in [6, 6.07) is 17.5. The maximum Gasteiger partial charge on any atom is 0.0645 e. The molecular weight excluding hydrogens is 581 g/mol. The summed E-state index contributed by atoms with van der Waals surface area (Å²) in [5, 5.41) is 3.05. The summed E-state index contributed by atoms with van der Waals surface area (Å²) in [5.74, 6) is 0. The highest BCUT2D eigenvalue weighted by Crippen LogP contribution is 2.43. The number of fused-ring (bicyclic) bond motifs is 8. The fraction of sp³-hybridized carbons (Fsp3) is 0. The van der Waals surface area contributed by atoms with Gasteiger partial charge < -0.3 is 9.13 Å². The summed E-state index contributed by atoms with van der Waals surface area (Å²) < 4.78 is 142. The SMILES string of the molecule is [2H]c1c([2H])c([2H])c(-c2c([2H])c([2H])c(-c3ccc(-n4c5ccccc5c5c6c7ccccc7n(-c7c([2H])c([2H])c([2H])c8c([2H])c([2H])c([2H])c([2H])c78)c6ccc54)cc3)c([2H])c2[2H])c([2H])c1[2H]. The van der Waals surface area contributed by atoms with Gasteiger partial charge in [-0.05, 0) is 70.1 Å². The summed E-state index contributed by atoms with van der Waals surface area (Å²) in [6.07, 6.45) is 0. The van der Waals surface area contributed by atoms with Gasteiger partial charge in [0.2, 0.25) is 0 Å². The molecule has 2 heterocycles. The molecule has 0 fully saturated rings. The standard InChI is InChI=1S/C46H30N2/c1-2-11-31(12-3-1)32-21-23-33(24-22-32)34-25-27-36(28-26-34)47-41-18-8-6-16-38(41)45-43(47)29-30-44-46(45)39-17-7-9-19-42(39)48(44)40-20-10-14-35-13-4-5-15-37(35)40/h1-30H/i1D,2D,3D,4D,5D,10D,11D,12D,13D,14D,15D,20D,21D,22D,23D,24D. The van der Waals surface area contributed by atoms with Gasteiger partial charge in [0.25, 0.3) is 0 Å². The fourth-order valence-electron chi connectivity index (χ4n) is 6.74. The van der Waals surface area contributed by atoms with Crippen molar-refractivity contribution in [2.75, 3.05) is 0 Å². The van der Waals surface area contributed by atoms with Crippen LogP contribution in [0.5, 0.6) is 0 Å². The molecule has 10 rings (SSSR count). The monoisotopic (exact) mass is 626 g/mol. The zero-order chi connectivity index (χ0) is 45.5. The summed E-state index contributed by atoms with van der Waals surface area (Å²) in [6.45, 7) is 0. The van der Waals surface area contributed by atoms with E-state index >= 15 is 0 Å². The van der Waals surface area contributed by atoms with E-state index in [1.807, 2.05) is 65.2 Å². The van der Waals surface area contributed by atoms with Crippen LogP contribution in [0.4, 0.5) is 0 Å². The molecule has 0 aliphatic heterocycles. The number of hydrogen-bond donors (Lipinski definition) is 0. The van der Waals surface area contributed by atoms with Crippen LogP contribution in [-0.4, -0.2) is 9.13 Å². The molecular formula is C46H30N2. The first-order valence-electron chi connectivity index (χ1n) is 23.2. The number of para-hydroxylation sites is 2. The number of hydrogen-bond acceptors (Lipinski definition) is 0. The van der Waals surface area contributed by atoms with Gasteiger partial charge in [-0.2, -0.15) is 0 Å². The van der Waals surface area contributed by atoms with Gasteiger partial charge in [-0.15, -0.1) is 0 Å². The Bertz CT molecular complexity index is 3670. The topological polar surface area (TPSA) is 9.86 Å². The Morgan fingerprint density at radius 1 is 0.354 bits per heavy atom. The van der Waals surface area contributed by atoms with Gasteiger partial charge in [-0.1, -0.05) is 139 Å². The average molecular weight is 627 g/mol. The highest BCUT2D eigenvalue weighted by Gasteiger charge is 2.21. The Hall–Kier alpha value is -6.38. The van der Waals surface area contributed by atoms with Crippen molar-refractivity contribution in [2.24, 2.45) is 0 Å². The number of rotatable bonds is 4. The molecule has 0 atom stereocenters. The van der Waals surface area contributed by atoms with Gasteiger partial charge in [0.15, 0.2) is 0 Å². The average Bonchev–Trinajstić information content (AvgIpc) is 3.81. The largest absolute Gasteiger partial charge is 0.309 e. The van der Waals surface area contributed by atoms with E-state index in [4.69, 9.17) is 20.6 Å². The molecule has 8 aromatic carbocycles. The zero-order valence-electron chi connectivity index (χ0n) is 41.0. The molecule has 224 valence electrons. The predicted octanol–water partition coefficient (Wildman–Crippen LogP) is 12.4. The van der Waals surface area contributed by atoms with Gasteiger partial charge in [0.1, 0.15) is 0 Å². The van der Waals surface area contributed by atoms with Crippen LogP contribution >= 0.6 is 0 Å². The molecule has 0 saturated heterocycles. The molecule has 0 aliphatic carbocycles. The maximum absolute atomic E-state index is 9.20. The van der Waals surface area contributed by atoms with E-state index in [-0.39, 0.29) is 28.1 Å². The first-order chi connectivity index (χ1) is 30.5. The van der Waals surface area contributed by atoms with E-state index in [9.17, 15) is 1.37 Å². The lowest BCUT2D eigenvalue weighted by Crippen LogP contribution is -1.96. The summed E-state index contributed by atoms with van der Waals surface area (Å²) in [5.41, 5.74) is 3.06. The lowest BCUT2D eigenvalue weighted by molar-refractivity contribution is 1.18. The van der Waals surface area contributed by atoms with Gasteiger partial charge in [0, 0.05) is 32.6 Å². The third-order valence-electron chi connectivity index (χ3n) is 8.78. The zero-order valence-corrected chi connectivity index (χ0v) is 25.0. The van der Waals surface area contributed by atoms with Gasteiger partial charge in [-0.3, -0.25) is 0 Å². The van der Waals surface area contributed by atoms with Crippen molar-refractivity contribution < 1.29 is 21.9 Å². The van der Waals surface area contributed by atoms with Crippen molar-refractivity contribution in [1.82, 2.24) is 9.13 Å². The highest BCUT2D eigenvalue weighted by atomic mass is 15.0. The Kier molecular flexibility index (Phi) is 3.41. The van der Waals surface area contributed by atoms with Crippen LogP contribution in [0.1, 0.15) is 21.9 Å².